The first-order valence-corrected chi connectivity index (χ1v) is 5.81. The van der Waals surface area contributed by atoms with Crippen LogP contribution in [0.25, 0.3) is 0 Å². The normalized spacial score (nSPS) is 12.7. The highest BCUT2D eigenvalue weighted by molar-refractivity contribution is 7.99. The maximum absolute atomic E-state index is 9.37. The van der Waals surface area contributed by atoms with E-state index in [2.05, 4.69) is 15.2 Å². The molecule has 0 radical (unpaired) electrons. The van der Waals surface area contributed by atoms with Gasteiger partial charge in [0.05, 0.1) is 6.10 Å². The van der Waals surface area contributed by atoms with E-state index in [9.17, 15) is 5.11 Å². The summed E-state index contributed by atoms with van der Waals surface area (Å²) in [5.74, 6) is 0.808. The summed E-state index contributed by atoms with van der Waals surface area (Å²) in [5.41, 5.74) is 0.913. The van der Waals surface area contributed by atoms with Crippen LogP contribution in [0.2, 0.25) is 0 Å². The van der Waals surface area contributed by atoms with Crippen molar-refractivity contribution in [2.75, 3.05) is 0 Å². The molecule has 1 aromatic carbocycles. The fourth-order valence-corrected chi connectivity index (χ4v) is 2.04. The smallest absolute Gasteiger partial charge is 0.213 e. The average Bonchev–Trinajstić information content (AvgIpc) is 2.65. The first kappa shape index (κ1) is 11.2. The lowest BCUT2D eigenvalue weighted by atomic mass is 10.1. The number of hydrogen-bond donors (Lipinski definition) is 2. The first-order chi connectivity index (χ1) is 7.65. The van der Waals surface area contributed by atoms with Gasteiger partial charge in [0.1, 0.15) is 5.82 Å². The molecule has 1 atom stereocenters. The molecule has 0 fully saturated rings. The van der Waals surface area contributed by atoms with Crippen LogP contribution in [0.5, 0.6) is 0 Å². The van der Waals surface area contributed by atoms with Gasteiger partial charge in [0.25, 0.3) is 0 Å². The molecule has 0 unspecified atom stereocenters. The maximum atomic E-state index is 9.37. The molecule has 2 aromatic rings. The van der Waals surface area contributed by atoms with Gasteiger partial charge in [-0.2, -0.15) is 0 Å². The van der Waals surface area contributed by atoms with Crippen molar-refractivity contribution in [2.45, 2.75) is 30.0 Å². The molecule has 0 aliphatic heterocycles. The number of rotatable bonds is 3. The summed E-state index contributed by atoms with van der Waals surface area (Å²) >= 11 is 1.49. The van der Waals surface area contributed by atoms with Crippen LogP contribution in [0.15, 0.2) is 34.3 Å². The van der Waals surface area contributed by atoms with Gasteiger partial charge in [-0.25, -0.2) is 4.98 Å². The van der Waals surface area contributed by atoms with Crippen LogP contribution in [-0.2, 0) is 0 Å². The van der Waals surface area contributed by atoms with Crippen molar-refractivity contribution in [3.05, 3.63) is 35.7 Å². The van der Waals surface area contributed by atoms with Crippen LogP contribution in [0.1, 0.15) is 24.4 Å². The van der Waals surface area contributed by atoms with Crippen LogP contribution in [0.3, 0.4) is 0 Å². The number of aliphatic hydroxyl groups excluding tert-OH is 1. The van der Waals surface area contributed by atoms with Gasteiger partial charge in [-0.15, -0.1) is 5.10 Å². The highest BCUT2D eigenvalue weighted by Gasteiger charge is 2.04. The topological polar surface area (TPSA) is 61.8 Å². The molecule has 0 saturated carbocycles. The number of aryl methyl sites for hydroxylation is 1. The third-order valence-corrected chi connectivity index (χ3v) is 3.02. The molecule has 84 valence electrons. The average molecular weight is 235 g/mol. The van der Waals surface area contributed by atoms with E-state index in [0.717, 1.165) is 16.3 Å². The fourth-order valence-electron chi connectivity index (χ4n) is 1.29. The Morgan fingerprint density at radius 1 is 1.31 bits per heavy atom. The standard InChI is InChI=1S/C11H13N3OS/c1-7(15)9-3-5-10(6-4-9)16-11-12-8(2)13-14-11/h3-7,15H,1-2H3,(H,12,13,14)/t7-/m1/s1. The predicted molar refractivity (Wildman–Crippen MR) is 62.3 cm³/mol. The van der Waals surface area contributed by atoms with E-state index in [-0.39, 0.29) is 0 Å². The van der Waals surface area contributed by atoms with E-state index in [1.165, 1.54) is 11.8 Å². The highest BCUT2D eigenvalue weighted by atomic mass is 32.2. The van der Waals surface area contributed by atoms with Crippen LogP contribution in [0.4, 0.5) is 0 Å². The SMILES string of the molecule is Cc1nc(Sc2ccc([C@@H](C)O)cc2)n[nH]1. The number of hydrogen-bond acceptors (Lipinski definition) is 4. The molecule has 0 aliphatic carbocycles. The zero-order chi connectivity index (χ0) is 11.5. The Morgan fingerprint density at radius 3 is 2.50 bits per heavy atom. The largest absolute Gasteiger partial charge is 0.389 e. The van der Waals surface area contributed by atoms with Gasteiger partial charge in [-0.1, -0.05) is 12.1 Å². The van der Waals surface area contributed by atoms with Crippen LogP contribution < -0.4 is 0 Å². The number of aliphatic hydroxyl groups is 1. The van der Waals surface area contributed by atoms with E-state index in [4.69, 9.17) is 0 Å². The Bertz CT molecular complexity index is 464. The second-order valence-corrected chi connectivity index (χ2v) is 4.59. The molecule has 0 aliphatic rings. The number of aromatic amines is 1. The van der Waals surface area contributed by atoms with Gasteiger partial charge < -0.3 is 5.11 Å². The minimum absolute atomic E-state index is 0.426. The third kappa shape index (κ3) is 2.62. The van der Waals surface area contributed by atoms with Crippen molar-refractivity contribution in [3.8, 4) is 0 Å². The zero-order valence-corrected chi connectivity index (χ0v) is 9.95. The van der Waals surface area contributed by atoms with Gasteiger partial charge in [-0.3, -0.25) is 5.10 Å². The molecule has 0 spiro atoms. The Kier molecular flexibility index (Phi) is 3.26. The van der Waals surface area contributed by atoms with E-state index in [1.807, 2.05) is 31.2 Å². The zero-order valence-electron chi connectivity index (χ0n) is 9.14. The summed E-state index contributed by atoms with van der Waals surface area (Å²) < 4.78 is 0. The first-order valence-electron chi connectivity index (χ1n) is 5.00. The molecule has 1 heterocycles. The van der Waals surface area contributed by atoms with Gasteiger partial charge >= 0.3 is 0 Å². The number of nitrogens with zero attached hydrogens (tertiary/aromatic N) is 2. The molecular formula is C11H13N3OS. The molecule has 0 bridgehead atoms. The Morgan fingerprint density at radius 2 is 2.00 bits per heavy atom. The molecule has 2 N–H and O–H groups in total. The van der Waals surface area contributed by atoms with Crippen molar-refractivity contribution >= 4 is 11.8 Å². The van der Waals surface area contributed by atoms with E-state index in [1.54, 1.807) is 6.92 Å². The Labute approximate surface area is 98.1 Å². The van der Waals surface area contributed by atoms with Crippen LogP contribution in [-0.4, -0.2) is 20.3 Å². The van der Waals surface area contributed by atoms with Crippen molar-refractivity contribution in [1.29, 1.82) is 0 Å². The van der Waals surface area contributed by atoms with Gasteiger partial charge in [0.2, 0.25) is 5.16 Å². The van der Waals surface area contributed by atoms with Gasteiger partial charge in [0, 0.05) is 4.90 Å². The van der Waals surface area contributed by atoms with Crippen LogP contribution >= 0.6 is 11.8 Å². The molecule has 1 aromatic heterocycles. The highest BCUT2D eigenvalue weighted by Crippen LogP contribution is 2.25. The number of nitrogens with one attached hydrogen (secondary N) is 1. The summed E-state index contributed by atoms with van der Waals surface area (Å²) in [6.07, 6.45) is -0.426. The fraction of sp³-hybridized carbons (Fsp3) is 0.273. The Balaban J connectivity index is 2.11. The molecule has 5 heteroatoms. The Hall–Kier alpha value is -1.33. The molecular weight excluding hydrogens is 222 g/mol. The van der Waals surface area contributed by atoms with Crippen molar-refractivity contribution in [3.63, 3.8) is 0 Å². The van der Waals surface area contributed by atoms with Crippen molar-refractivity contribution in [2.24, 2.45) is 0 Å². The van der Waals surface area contributed by atoms with Crippen molar-refractivity contribution < 1.29 is 5.11 Å². The number of aromatic nitrogens is 3. The summed E-state index contributed by atoms with van der Waals surface area (Å²) in [5, 5.41) is 16.9. The lowest BCUT2D eigenvalue weighted by Crippen LogP contribution is -1.89. The van der Waals surface area contributed by atoms with Gasteiger partial charge in [0.15, 0.2) is 0 Å². The van der Waals surface area contributed by atoms with E-state index < -0.39 is 6.10 Å². The lowest BCUT2D eigenvalue weighted by Gasteiger charge is -2.04. The second kappa shape index (κ2) is 4.67. The molecule has 2 rings (SSSR count). The minimum Gasteiger partial charge on any atom is -0.389 e. The maximum Gasteiger partial charge on any atom is 0.213 e. The third-order valence-electron chi connectivity index (χ3n) is 2.15. The monoisotopic (exact) mass is 235 g/mol. The summed E-state index contributed by atoms with van der Waals surface area (Å²) in [4.78, 5) is 5.27. The number of benzene rings is 1. The second-order valence-electron chi connectivity index (χ2n) is 3.55. The molecule has 0 saturated heterocycles. The van der Waals surface area contributed by atoms with Crippen LogP contribution in [0, 0.1) is 6.92 Å². The van der Waals surface area contributed by atoms with E-state index >= 15 is 0 Å². The summed E-state index contributed by atoms with van der Waals surface area (Å²) in [6, 6.07) is 7.73. The van der Waals surface area contributed by atoms with Crippen molar-refractivity contribution in [1.82, 2.24) is 15.2 Å². The molecule has 4 nitrogen and oxygen atoms in total. The van der Waals surface area contributed by atoms with E-state index in [0.29, 0.717) is 5.16 Å². The van der Waals surface area contributed by atoms with Gasteiger partial charge in [-0.05, 0) is 43.3 Å². The molecule has 0 amide bonds. The molecule has 16 heavy (non-hydrogen) atoms. The summed E-state index contributed by atoms with van der Waals surface area (Å²) in [6.45, 7) is 3.62. The lowest BCUT2D eigenvalue weighted by molar-refractivity contribution is 0.199. The quantitative estimate of drug-likeness (QED) is 0.857. The number of H-pyrrole nitrogens is 1. The predicted octanol–water partition coefficient (Wildman–Crippen LogP) is 2.32. The summed E-state index contributed by atoms with van der Waals surface area (Å²) in [7, 11) is 0. The minimum atomic E-state index is -0.426.